The summed E-state index contributed by atoms with van der Waals surface area (Å²) in [5.74, 6) is 0. The van der Waals surface area contributed by atoms with E-state index < -0.39 is 0 Å². The fourth-order valence-electron chi connectivity index (χ4n) is 0.0786. The van der Waals surface area contributed by atoms with E-state index in [1.54, 1.807) is 11.8 Å². The molecule has 0 aliphatic heterocycles. The summed E-state index contributed by atoms with van der Waals surface area (Å²) in [6, 6.07) is 0. The molecule has 0 amide bonds. The summed E-state index contributed by atoms with van der Waals surface area (Å²) in [4.78, 5) is 0. The lowest BCUT2D eigenvalue weighted by Crippen LogP contribution is -1.70. The molecule has 2 heteroatoms. The van der Waals surface area contributed by atoms with Crippen LogP contribution in [0.2, 0.25) is 0 Å². The monoisotopic (exact) mass is 89.0 g/mol. The molecular formula is C3H7NS. The predicted molar refractivity (Wildman–Crippen MR) is 26.8 cm³/mol. The molecule has 0 saturated heterocycles. The normalized spacial score (nSPS) is 9.80. The largest absolute Gasteiger partial charge is 0.404 e. The smallest absolute Gasteiger partial charge is 0.000171 e. The van der Waals surface area contributed by atoms with Crippen LogP contribution in [0.1, 0.15) is 0 Å². The van der Waals surface area contributed by atoms with Crippen molar-refractivity contribution < 1.29 is 0 Å². The zero-order chi connectivity index (χ0) is 4.12. The van der Waals surface area contributed by atoms with Crippen LogP contribution in [0.25, 0.3) is 0 Å². The van der Waals surface area contributed by atoms with Crippen molar-refractivity contribution in [3.8, 4) is 0 Å². The maximum atomic E-state index is 4.94. The highest BCUT2D eigenvalue weighted by atomic mass is 32.2. The lowest BCUT2D eigenvalue weighted by atomic mass is 11.1. The lowest BCUT2D eigenvalue weighted by Gasteiger charge is -1.67. The van der Waals surface area contributed by atoms with E-state index in [1.165, 1.54) is 6.20 Å². The molecule has 0 spiro atoms. The van der Waals surface area contributed by atoms with Crippen LogP contribution in [0.4, 0.5) is 0 Å². The summed E-state index contributed by atoms with van der Waals surface area (Å²) in [6.45, 7) is 0. The average Bonchev–Trinajstić information content (AvgIpc) is 1.41. The Balaban J connectivity index is 2.62. The molecule has 0 aromatic rings. The first kappa shape index (κ1) is 4.89. The van der Waals surface area contributed by atoms with Gasteiger partial charge in [-0.3, -0.25) is 0 Å². The number of thioether (sulfide) groups is 1. The molecule has 2 N–H and O–H groups in total. The van der Waals surface area contributed by atoms with Crippen molar-refractivity contribution in [2.24, 2.45) is 5.73 Å². The molecule has 0 atom stereocenters. The topological polar surface area (TPSA) is 26.0 Å². The molecule has 30 valence electrons. The third kappa shape index (κ3) is 3.89. The Morgan fingerprint density at radius 1 is 1.80 bits per heavy atom. The molecule has 0 aliphatic carbocycles. The summed E-state index contributed by atoms with van der Waals surface area (Å²) in [7, 11) is 0. The van der Waals surface area contributed by atoms with E-state index in [9.17, 15) is 0 Å². The van der Waals surface area contributed by atoms with E-state index in [4.69, 9.17) is 5.73 Å². The van der Waals surface area contributed by atoms with Crippen LogP contribution in [0.5, 0.6) is 0 Å². The van der Waals surface area contributed by atoms with Gasteiger partial charge in [-0.05, 0) is 11.7 Å². The molecule has 0 saturated carbocycles. The summed E-state index contributed by atoms with van der Waals surface area (Å²) >= 11 is 1.60. The van der Waals surface area contributed by atoms with Crippen LogP contribution in [0, 0.1) is 0 Å². The van der Waals surface area contributed by atoms with Gasteiger partial charge in [0, 0.05) is 6.20 Å². The van der Waals surface area contributed by atoms with Gasteiger partial charge in [0.1, 0.15) is 0 Å². The van der Waals surface area contributed by atoms with Gasteiger partial charge in [0.2, 0.25) is 0 Å². The molecule has 0 rings (SSSR count). The zero-order valence-corrected chi connectivity index (χ0v) is 3.96. The van der Waals surface area contributed by atoms with Crippen LogP contribution in [0.15, 0.2) is 11.6 Å². The van der Waals surface area contributed by atoms with Crippen molar-refractivity contribution in [1.29, 1.82) is 0 Å². The van der Waals surface area contributed by atoms with Crippen LogP contribution in [0.3, 0.4) is 0 Å². The van der Waals surface area contributed by atoms with Crippen molar-refractivity contribution in [3.63, 3.8) is 0 Å². The Labute approximate surface area is 36.2 Å². The summed E-state index contributed by atoms with van der Waals surface area (Å²) in [6.07, 6.45) is 3.48. The zero-order valence-electron chi connectivity index (χ0n) is 3.14. The van der Waals surface area contributed by atoms with Crippen molar-refractivity contribution in [2.45, 2.75) is 0 Å². The molecule has 1 nitrogen and oxygen atoms in total. The fraction of sp³-hybridized carbons (Fsp3) is 0.333. The van der Waals surface area contributed by atoms with Gasteiger partial charge in [-0.1, -0.05) is 0 Å². The van der Waals surface area contributed by atoms with E-state index >= 15 is 0 Å². The number of nitrogens with two attached hydrogens (primary N) is 1. The van der Waals surface area contributed by atoms with E-state index in [0.29, 0.717) is 0 Å². The second-order valence-electron chi connectivity index (χ2n) is 0.564. The number of hydrogen-bond acceptors (Lipinski definition) is 2. The Hall–Kier alpha value is -0.110. The van der Waals surface area contributed by atoms with Crippen LogP contribution in [-0.2, 0) is 0 Å². The van der Waals surface area contributed by atoms with Gasteiger partial charge in [0.05, 0.1) is 0 Å². The Kier molecular flexibility index (Phi) is 3.80. The van der Waals surface area contributed by atoms with E-state index in [-0.39, 0.29) is 0 Å². The summed E-state index contributed by atoms with van der Waals surface area (Å²) in [5.41, 5.74) is 4.94. The van der Waals surface area contributed by atoms with Gasteiger partial charge >= 0.3 is 0 Å². The molecule has 5 heavy (non-hydrogen) atoms. The summed E-state index contributed by atoms with van der Waals surface area (Å²) < 4.78 is 0. The highest BCUT2D eigenvalue weighted by Gasteiger charge is 1.51. The third-order valence-corrected chi connectivity index (χ3v) is 0.644. The van der Waals surface area contributed by atoms with Gasteiger partial charge in [0.15, 0.2) is 0 Å². The molecular weight excluding hydrogens is 82.1 g/mol. The lowest BCUT2D eigenvalue weighted by molar-refractivity contribution is 1.63. The molecule has 0 aliphatic rings. The molecule has 0 heterocycles. The Morgan fingerprint density at radius 3 is 2.40 bits per heavy atom. The highest BCUT2D eigenvalue weighted by molar-refractivity contribution is 8.01. The van der Waals surface area contributed by atoms with Gasteiger partial charge in [-0.15, -0.1) is 11.8 Å². The standard InChI is InChI=1S/C3H7NS/c1-5-3-2-4/h2-3H,4H2,1H3/b3-2-. The number of hydrogen-bond donors (Lipinski definition) is 1. The average molecular weight is 89.2 g/mol. The first-order valence-corrected chi connectivity index (χ1v) is 2.60. The molecule has 0 aromatic heterocycles. The van der Waals surface area contributed by atoms with Crippen LogP contribution in [-0.4, -0.2) is 6.26 Å². The quantitative estimate of drug-likeness (QED) is 0.513. The Bertz CT molecular complexity index is 33.9. The Morgan fingerprint density at radius 2 is 2.40 bits per heavy atom. The number of rotatable bonds is 1. The van der Waals surface area contributed by atoms with E-state index in [0.717, 1.165) is 0 Å². The maximum Gasteiger partial charge on any atom is 0.000171 e. The van der Waals surface area contributed by atoms with Gasteiger partial charge in [-0.25, -0.2) is 0 Å². The van der Waals surface area contributed by atoms with Crippen LogP contribution >= 0.6 is 11.8 Å². The SMILES string of the molecule is CS/C=C\N. The third-order valence-electron chi connectivity index (χ3n) is 0.215. The van der Waals surface area contributed by atoms with E-state index in [1.807, 2.05) is 11.7 Å². The molecule has 0 radical (unpaired) electrons. The van der Waals surface area contributed by atoms with Crippen molar-refractivity contribution >= 4 is 11.8 Å². The van der Waals surface area contributed by atoms with Gasteiger partial charge in [-0.2, -0.15) is 0 Å². The predicted octanol–water partition coefficient (Wildman–Crippen LogP) is 0.779. The van der Waals surface area contributed by atoms with Crippen molar-refractivity contribution in [1.82, 2.24) is 0 Å². The highest BCUT2D eigenvalue weighted by Crippen LogP contribution is 1.87. The van der Waals surface area contributed by atoms with Crippen molar-refractivity contribution in [2.75, 3.05) is 6.26 Å². The fourth-order valence-corrected chi connectivity index (χ4v) is 0.236. The molecule has 0 bridgehead atoms. The first-order valence-electron chi connectivity index (χ1n) is 1.31. The summed E-state index contributed by atoms with van der Waals surface area (Å²) in [5, 5.41) is 1.82. The van der Waals surface area contributed by atoms with Crippen LogP contribution < -0.4 is 5.73 Å². The minimum absolute atomic E-state index is 1.52. The van der Waals surface area contributed by atoms with Gasteiger partial charge in [0.25, 0.3) is 0 Å². The minimum atomic E-state index is 1.52. The van der Waals surface area contributed by atoms with Crippen molar-refractivity contribution in [3.05, 3.63) is 11.6 Å². The molecule has 0 unspecified atom stereocenters. The first-order chi connectivity index (χ1) is 2.41. The van der Waals surface area contributed by atoms with Gasteiger partial charge < -0.3 is 5.73 Å². The molecule has 0 fully saturated rings. The minimum Gasteiger partial charge on any atom is -0.404 e. The maximum absolute atomic E-state index is 4.94. The second kappa shape index (κ2) is 3.89. The molecule has 0 aromatic carbocycles. The van der Waals surface area contributed by atoms with E-state index in [2.05, 4.69) is 0 Å². The second-order valence-corrected chi connectivity index (χ2v) is 1.31.